The van der Waals surface area contributed by atoms with Crippen LogP contribution in [-0.4, -0.2) is 29.8 Å². The molecule has 0 aromatic carbocycles. The minimum atomic E-state index is -0.0556. The monoisotopic (exact) mass is 233 g/mol. The third-order valence-electron chi connectivity index (χ3n) is 2.17. The highest BCUT2D eigenvalue weighted by atomic mass is 35.5. The van der Waals surface area contributed by atoms with Gasteiger partial charge in [-0.2, -0.15) is 4.98 Å². The standard InChI is InChI=1S/C9H15N3O2.ClH/c1-6(2)9-11-8(12-14-9)7-5-10-3-4-13-7;/h6-7,10H,3-5H2,1-2H3;1H. The molecule has 86 valence electrons. The van der Waals surface area contributed by atoms with Gasteiger partial charge in [-0.05, 0) is 0 Å². The molecule has 0 radical (unpaired) electrons. The fourth-order valence-electron chi connectivity index (χ4n) is 1.34. The van der Waals surface area contributed by atoms with E-state index >= 15 is 0 Å². The summed E-state index contributed by atoms with van der Waals surface area (Å²) in [5, 5.41) is 7.14. The second-order valence-corrected chi connectivity index (χ2v) is 3.71. The van der Waals surface area contributed by atoms with E-state index in [1.807, 2.05) is 13.8 Å². The molecule has 0 aliphatic carbocycles. The molecule has 1 fully saturated rings. The van der Waals surface area contributed by atoms with Crippen LogP contribution in [0.5, 0.6) is 0 Å². The second-order valence-electron chi connectivity index (χ2n) is 3.71. The molecular formula is C9H16ClN3O2. The van der Waals surface area contributed by atoms with Gasteiger partial charge in [0.2, 0.25) is 11.7 Å². The van der Waals surface area contributed by atoms with E-state index in [0.29, 0.717) is 18.3 Å². The first-order valence-electron chi connectivity index (χ1n) is 4.93. The number of rotatable bonds is 2. The van der Waals surface area contributed by atoms with Crippen LogP contribution in [0.2, 0.25) is 0 Å². The third kappa shape index (κ3) is 2.90. The average molecular weight is 234 g/mol. The van der Waals surface area contributed by atoms with Gasteiger partial charge in [-0.25, -0.2) is 0 Å². The molecule has 2 heterocycles. The molecule has 0 saturated carbocycles. The minimum Gasteiger partial charge on any atom is -0.367 e. The van der Waals surface area contributed by atoms with Gasteiger partial charge in [-0.3, -0.25) is 0 Å². The highest BCUT2D eigenvalue weighted by molar-refractivity contribution is 5.85. The Kier molecular flexibility index (Phi) is 4.50. The zero-order valence-corrected chi connectivity index (χ0v) is 9.71. The molecule has 1 saturated heterocycles. The summed E-state index contributed by atoms with van der Waals surface area (Å²) < 4.78 is 10.6. The first kappa shape index (κ1) is 12.4. The summed E-state index contributed by atoms with van der Waals surface area (Å²) in [5.74, 6) is 1.60. The van der Waals surface area contributed by atoms with Crippen molar-refractivity contribution < 1.29 is 9.26 Å². The maximum Gasteiger partial charge on any atom is 0.229 e. The Bertz CT molecular complexity index is 297. The van der Waals surface area contributed by atoms with Crippen molar-refractivity contribution in [2.45, 2.75) is 25.9 Å². The van der Waals surface area contributed by atoms with Crippen LogP contribution in [-0.2, 0) is 4.74 Å². The van der Waals surface area contributed by atoms with Crippen molar-refractivity contribution in [1.82, 2.24) is 15.5 Å². The van der Waals surface area contributed by atoms with Gasteiger partial charge in [0.25, 0.3) is 0 Å². The number of nitrogens with one attached hydrogen (secondary N) is 1. The lowest BCUT2D eigenvalue weighted by Crippen LogP contribution is -2.33. The van der Waals surface area contributed by atoms with Gasteiger partial charge < -0.3 is 14.6 Å². The molecule has 6 heteroatoms. The van der Waals surface area contributed by atoms with E-state index in [9.17, 15) is 0 Å². The maximum absolute atomic E-state index is 5.51. The molecule has 1 aliphatic heterocycles. The van der Waals surface area contributed by atoms with Crippen molar-refractivity contribution in [3.63, 3.8) is 0 Å². The summed E-state index contributed by atoms with van der Waals surface area (Å²) in [6.07, 6.45) is -0.0556. The van der Waals surface area contributed by atoms with Crippen LogP contribution >= 0.6 is 12.4 Å². The van der Waals surface area contributed by atoms with E-state index in [1.165, 1.54) is 0 Å². The summed E-state index contributed by atoms with van der Waals surface area (Å²) in [6, 6.07) is 0. The quantitative estimate of drug-likeness (QED) is 0.834. The van der Waals surface area contributed by atoms with Crippen molar-refractivity contribution in [2.24, 2.45) is 0 Å². The van der Waals surface area contributed by atoms with E-state index in [2.05, 4.69) is 15.5 Å². The van der Waals surface area contributed by atoms with Crippen LogP contribution in [0.3, 0.4) is 0 Å². The number of hydrogen-bond acceptors (Lipinski definition) is 5. The molecule has 2 rings (SSSR count). The van der Waals surface area contributed by atoms with Crippen molar-refractivity contribution in [3.05, 3.63) is 11.7 Å². The Morgan fingerprint density at radius 3 is 2.80 bits per heavy atom. The lowest BCUT2D eigenvalue weighted by Gasteiger charge is -2.20. The third-order valence-corrected chi connectivity index (χ3v) is 2.17. The minimum absolute atomic E-state index is 0. The molecular weight excluding hydrogens is 218 g/mol. The van der Waals surface area contributed by atoms with Gasteiger partial charge in [-0.15, -0.1) is 12.4 Å². The van der Waals surface area contributed by atoms with Crippen molar-refractivity contribution in [2.75, 3.05) is 19.7 Å². The van der Waals surface area contributed by atoms with E-state index in [0.717, 1.165) is 13.1 Å². The van der Waals surface area contributed by atoms with Crippen LogP contribution < -0.4 is 5.32 Å². The number of ether oxygens (including phenoxy) is 1. The highest BCUT2D eigenvalue weighted by Gasteiger charge is 2.21. The number of aromatic nitrogens is 2. The predicted octanol–water partition coefficient (Wildman–Crippen LogP) is 1.28. The van der Waals surface area contributed by atoms with Crippen molar-refractivity contribution in [3.8, 4) is 0 Å². The van der Waals surface area contributed by atoms with Crippen molar-refractivity contribution in [1.29, 1.82) is 0 Å². The molecule has 1 atom stereocenters. The van der Waals surface area contributed by atoms with Gasteiger partial charge in [0.1, 0.15) is 6.10 Å². The first-order valence-corrected chi connectivity index (χ1v) is 4.93. The lowest BCUT2D eigenvalue weighted by molar-refractivity contribution is 0.0208. The highest BCUT2D eigenvalue weighted by Crippen LogP contribution is 2.18. The van der Waals surface area contributed by atoms with Crippen LogP contribution in [0.4, 0.5) is 0 Å². The van der Waals surface area contributed by atoms with Crippen LogP contribution in [0.15, 0.2) is 4.52 Å². The molecule has 1 N–H and O–H groups in total. The van der Waals surface area contributed by atoms with Gasteiger partial charge in [0.15, 0.2) is 0 Å². The lowest BCUT2D eigenvalue weighted by atomic mass is 10.2. The van der Waals surface area contributed by atoms with Gasteiger partial charge in [0, 0.05) is 19.0 Å². The fourth-order valence-corrected chi connectivity index (χ4v) is 1.34. The van der Waals surface area contributed by atoms with Crippen LogP contribution in [0.25, 0.3) is 0 Å². The Hall–Kier alpha value is -0.650. The molecule has 1 aromatic heterocycles. The van der Waals surface area contributed by atoms with Crippen LogP contribution in [0.1, 0.15) is 37.6 Å². The Balaban J connectivity index is 0.00000112. The SMILES string of the molecule is CC(C)c1nc(C2CNCCO2)no1.Cl. The van der Waals surface area contributed by atoms with Crippen LogP contribution in [0, 0.1) is 0 Å². The molecule has 1 unspecified atom stereocenters. The fraction of sp³-hybridized carbons (Fsp3) is 0.778. The smallest absolute Gasteiger partial charge is 0.229 e. The maximum atomic E-state index is 5.51. The summed E-state index contributed by atoms with van der Waals surface area (Å²) >= 11 is 0. The molecule has 15 heavy (non-hydrogen) atoms. The summed E-state index contributed by atoms with van der Waals surface area (Å²) in [4.78, 5) is 4.29. The van der Waals surface area contributed by atoms with E-state index in [-0.39, 0.29) is 24.4 Å². The van der Waals surface area contributed by atoms with Gasteiger partial charge in [-0.1, -0.05) is 19.0 Å². The average Bonchev–Trinajstić information content (AvgIpc) is 2.68. The molecule has 0 spiro atoms. The molecule has 1 aromatic rings. The summed E-state index contributed by atoms with van der Waals surface area (Å²) in [7, 11) is 0. The number of halogens is 1. The zero-order chi connectivity index (χ0) is 9.97. The largest absolute Gasteiger partial charge is 0.367 e. The number of morpholine rings is 1. The van der Waals surface area contributed by atoms with E-state index in [4.69, 9.17) is 9.26 Å². The van der Waals surface area contributed by atoms with E-state index < -0.39 is 0 Å². The van der Waals surface area contributed by atoms with Gasteiger partial charge >= 0.3 is 0 Å². The van der Waals surface area contributed by atoms with E-state index in [1.54, 1.807) is 0 Å². The van der Waals surface area contributed by atoms with Crippen molar-refractivity contribution >= 4 is 12.4 Å². The zero-order valence-electron chi connectivity index (χ0n) is 8.90. The normalized spacial score (nSPS) is 21.4. The molecule has 0 bridgehead atoms. The molecule has 1 aliphatic rings. The topological polar surface area (TPSA) is 60.2 Å². The molecule has 5 nitrogen and oxygen atoms in total. The second kappa shape index (κ2) is 5.44. The predicted molar refractivity (Wildman–Crippen MR) is 57.2 cm³/mol. The Morgan fingerprint density at radius 2 is 2.27 bits per heavy atom. The first-order chi connectivity index (χ1) is 6.77. The number of hydrogen-bond donors (Lipinski definition) is 1. The Morgan fingerprint density at radius 1 is 1.47 bits per heavy atom. The Labute approximate surface area is 95.0 Å². The molecule has 0 amide bonds. The summed E-state index contributed by atoms with van der Waals surface area (Å²) in [6.45, 7) is 6.41. The number of nitrogens with zero attached hydrogens (tertiary/aromatic N) is 2. The summed E-state index contributed by atoms with van der Waals surface area (Å²) in [5.41, 5.74) is 0. The van der Waals surface area contributed by atoms with Gasteiger partial charge in [0.05, 0.1) is 6.61 Å².